The summed E-state index contributed by atoms with van der Waals surface area (Å²) >= 11 is 11.3. The van der Waals surface area contributed by atoms with Crippen LogP contribution in [0.4, 0.5) is 11.4 Å². The fraction of sp³-hybridized carbons (Fsp3) is 0.0455. The summed E-state index contributed by atoms with van der Waals surface area (Å²) in [6.45, 7) is 0. The summed E-state index contributed by atoms with van der Waals surface area (Å²) in [4.78, 5) is 14.2. The van der Waals surface area contributed by atoms with Crippen LogP contribution in [0, 0.1) is 0 Å². The molecule has 138 valence electrons. The number of hydrogen-bond donors (Lipinski definition) is 2. The third kappa shape index (κ3) is 2.85. The van der Waals surface area contributed by atoms with E-state index in [-0.39, 0.29) is 5.91 Å². The summed E-state index contributed by atoms with van der Waals surface area (Å²) in [5.74, 6) is -0.0436. The van der Waals surface area contributed by atoms with Gasteiger partial charge >= 0.3 is 0 Å². The van der Waals surface area contributed by atoms with Crippen LogP contribution in [0.2, 0.25) is 5.02 Å². The van der Waals surface area contributed by atoms with Gasteiger partial charge in [-0.15, -0.1) is 0 Å². The maximum Gasteiger partial charge on any atom is 0.249 e. The Labute approximate surface area is 180 Å². The molecule has 0 saturated heterocycles. The lowest BCUT2D eigenvalue weighted by atomic mass is 9.96. The van der Waals surface area contributed by atoms with Crippen LogP contribution in [0.15, 0.2) is 82.2 Å². The molecule has 6 heteroatoms. The van der Waals surface area contributed by atoms with Gasteiger partial charge in [0.25, 0.3) is 0 Å². The average Bonchev–Trinajstić information content (AvgIpc) is 2.84. The minimum absolute atomic E-state index is 0.0436. The molecule has 1 spiro atoms. The van der Waals surface area contributed by atoms with Crippen LogP contribution in [0.5, 0.6) is 0 Å². The molecule has 2 aliphatic heterocycles. The van der Waals surface area contributed by atoms with E-state index in [1.54, 1.807) is 0 Å². The van der Waals surface area contributed by atoms with Crippen LogP contribution in [0.25, 0.3) is 5.70 Å². The molecule has 3 aromatic rings. The first-order valence-electron chi connectivity index (χ1n) is 8.70. The quantitative estimate of drug-likeness (QED) is 0.427. The number of carbonyl (C=O) groups is 1. The van der Waals surface area contributed by atoms with Crippen molar-refractivity contribution in [2.75, 3.05) is 10.6 Å². The Hall–Kier alpha value is -2.21. The van der Waals surface area contributed by atoms with Crippen molar-refractivity contribution in [3.63, 3.8) is 0 Å². The second-order valence-electron chi connectivity index (χ2n) is 6.67. The lowest BCUT2D eigenvalue weighted by Gasteiger charge is -2.22. The topological polar surface area (TPSA) is 41.1 Å². The van der Waals surface area contributed by atoms with E-state index >= 15 is 0 Å². The number of halogens is 2. The molecule has 0 bridgehead atoms. The molecule has 5 rings (SSSR count). The molecule has 28 heavy (non-hydrogen) atoms. The van der Waals surface area contributed by atoms with Crippen LogP contribution in [-0.2, 0) is 9.54 Å². The number of carbonyl (C=O) groups excluding carboxylic acids is 1. The molecule has 1 unspecified atom stereocenters. The molecule has 0 saturated carbocycles. The Balaban J connectivity index is 1.76. The molecule has 2 heterocycles. The SMILES string of the molecule is O=C1Nc2ccccc2C12C=C(c1ccc(Br)cc1)Nc1cc(Cl)ccc1S2. The summed E-state index contributed by atoms with van der Waals surface area (Å²) < 4.78 is 0.146. The second kappa shape index (κ2) is 6.69. The zero-order valence-electron chi connectivity index (χ0n) is 14.5. The lowest BCUT2D eigenvalue weighted by Crippen LogP contribution is -2.29. The highest BCUT2D eigenvalue weighted by molar-refractivity contribution is 9.10. The smallest absolute Gasteiger partial charge is 0.249 e. The number of anilines is 2. The van der Waals surface area contributed by atoms with Crippen LogP contribution in [-0.4, -0.2) is 5.91 Å². The maximum absolute atomic E-state index is 13.2. The highest BCUT2D eigenvalue weighted by Gasteiger charge is 2.48. The first kappa shape index (κ1) is 17.9. The molecule has 1 amide bonds. The molecule has 1 atom stereocenters. The van der Waals surface area contributed by atoms with Gasteiger partial charge in [-0.1, -0.05) is 69.6 Å². The molecule has 0 radical (unpaired) electrons. The van der Waals surface area contributed by atoms with Gasteiger partial charge in [0.1, 0.15) is 4.75 Å². The first-order chi connectivity index (χ1) is 13.5. The number of fused-ring (bicyclic) bond motifs is 3. The van der Waals surface area contributed by atoms with Crippen molar-refractivity contribution in [1.29, 1.82) is 0 Å². The van der Waals surface area contributed by atoms with Gasteiger partial charge in [0, 0.05) is 31.3 Å². The highest BCUT2D eigenvalue weighted by Crippen LogP contribution is 2.54. The molecular weight excluding hydrogens is 456 g/mol. The second-order valence-corrected chi connectivity index (χ2v) is 9.31. The number of nitrogens with one attached hydrogen (secondary N) is 2. The minimum atomic E-state index is -0.856. The number of rotatable bonds is 1. The van der Waals surface area contributed by atoms with Gasteiger partial charge in [0.15, 0.2) is 0 Å². The van der Waals surface area contributed by atoms with E-state index in [9.17, 15) is 4.79 Å². The number of benzene rings is 3. The van der Waals surface area contributed by atoms with Crippen LogP contribution in [0.1, 0.15) is 11.1 Å². The van der Waals surface area contributed by atoms with Crippen molar-refractivity contribution in [2.45, 2.75) is 9.64 Å². The Bertz CT molecular complexity index is 1150. The minimum Gasteiger partial charge on any atom is -0.354 e. The predicted octanol–water partition coefficient (Wildman–Crippen LogP) is 6.51. The first-order valence-corrected chi connectivity index (χ1v) is 10.7. The third-order valence-corrected chi connectivity index (χ3v) is 7.08. The fourth-order valence-corrected chi connectivity index (χ4v) is 5.31. The van der Waals surface area contributed by atoms with Gasteiger partial charge in [-0.2, -0.15) is 0 Å². The molecule has 2 N–H and O–H groups in total. The zero-order valence-corrected chi connectivity index (χ0v) is 17.7. The summed E-state index contributed by atoms with van der Waals surface area (Å²) in [5.41, 5.74) is 4.56. The van der Waals surface area contributed by atoms with E-state index in [0.29, 0.717) is 5.02 Å². The van der Waals surface area contributed by atoms with Crippen LogP contribution >= 0.6 is 39.3 Å². The lowest BCUT2D eigenvalue weighted by molar-refractivity contribution is -0.116. The molecular formula is C22H14BrClN2OS. The van der Waals surface area contributed by atoms with Crippen molar-refractivity contribution < 1.29 is 4.79 Å². The normalized spacial score (nSPS) is 19.9. The molecule has 2 aliphatic rings. The highest BCUT2D eigenvalue weighted by atomic mass is 79.9. The van der Waals surface area contributed by atoms with E-state index in [1.807, 2.05) is 72.8 Å². The van der Waals surface area contributed by atoms with E-state index in [0.717, 1.165) is 37.6 Å². The van der Waals surface area contributed by atoms with Gasteiger partial charge < -0.3 is 10.6 Å². The monoisotopic (exact) mass is 468 g/mol. The molecule has 0 fully saturated rings. The fourth-order valence-electron chi connectivity index (χ4n) is 3.56. The Morgan fingerprint density at radius 2 is 1.71 bits per heavy atom. The Morgan fingerprint density at radius 3 is 2.54 bits per heavy atom. The van der Waals surface area contributed by atoms with Gasteiger partial charge in [-0.25, -0.2) is 0 Å². The van der Waals surface area contributed by atoms with E-state index in [1.165, 1.54) is 11.8 Å². The van der Waals surface area contributed by atoms with Gasteiger partial charge in [0.2, 0.25) is 5.91 Å². The zero-order chi connectivity index (χ0) is 19.3. The molecule has 0 aliphatic carbocycles. The van der Waals surface area contributed by atoms with Gasteiger partial charge in [0.05, 0.1) is 5.69 Å². The predicted molar refractivity (Wildman–Crippen MR) is 120 cm³/mol. The molecule has 3 aromatic carbocycles. The largest absolute Gasteiger partial charge is 0.354 e. The van der Waals surface area contributed by atoms with E-state index in [4.69, 9.17) is 11.6 Å². The van der Waals surface area contributed by atoms with Crippen molar-refractivity contribution in [2.24, 2.45) is 0 Å². The summed E-state index contributed by atoms with van der Waals surface area (Å²) in [5, 5.41) is 7.19. The van der Waals surface area contributed by atoms with E-state index < -0.39 is 4.75 Å². The van der Waals surface area contributed by atoms with Crippen molar-refractivity contribution in [1.82, 2.24) is 0 Å². The maximum atomic E-state index is 13.2. The number of amides is 1. The van der Waals surface area contributed by atoms with Gasteiger partial charge in [-0.3, -0.25) is 4.79 Å². The summed E-state index contributed by atoms with van der Waals surface area (Å²) in [6, 6.07) is 21.6. The van der Waals surface area contributed by atoms with Crippen molar-refractivity contribution in [3.05, 3.63) is 93.4 Å². The standard InChI is InChI=1S/C22H14BrClN2OS/c23-14-7-5-13(6-8-14)19-12-22(16-3-1-2-4-17(16)26-21(22)27)28-20-10-9-15(24)11-18(20)25-19/h1-12,25H,(H,26,27). The van der Waals surface area contributed by atoms with E-state index in [2.05, 4.69) is 26.6 Å². The Morgan fingerprint density at radius 1 is 0.929 bits per heavy atom. The summed E-state index contributed by atoms with van der Waals surface area (Å²) in [6.07, 6.45) is 2.02. The van der Waals surface area contributed by atoms with Crippen molar-refractivity contribution >= 4 is 62.3 Å². The third-order valence-electron chi connectivity index (χ3n) is 4.90. The number of para-hydroxylation sites is 1. The van der Waals surface area contributed by atoms with Crippen molar-refractivity contribution in [3.8, 4) is 0 Å². The Kier molecular flexibility index (Phi) is 4.27. The van der Waals surface area contributed by atoms with Crippen LogP contribution in [0.3, 0.4) is 0 Å². The number of hydrogen-bond acceptors (Lipinski definition) is 3. The average molecular weight is 470 g/mol. The van der Waals surface area contributed by atoms with Crippen LogP contribution < -0.4 is 10.6 Å². The summed E-state index contributed by atoms with van der Waals surface area (Å²) in [7, 11) is 0. The molecule has 0 aromatic heterocycles. The number of thioether (sulfide) groups is 1. The molecule has 3 nitrogen and oxygen atoms in total. The van der Waals surface area contributed by atoms with Gasteiger partial charge in [-0.05, 0) is 48.0 Å².